The minimum Gasteiger partial charge on any atom is -0.466 e. The van der Waals surface area contributed by atoms with Gasteiger partial charge in [0.15, 0.2) is 0 Å². The van der Waals surface area contributed by atoms with Crippen LogP contribution in [0.25, 0.3) is 6.08 Å². The lowest BCUT2D eigenvalue weighted by atomic mass is 10.4. The Morgan fingerprint density at radius 2 is 2.20 bits per heavy atom. The summed E-state index contributed by atoms with van der Waals surface area (Å²) in [6, 6.07) is 3.17. The number of hydrogen-bond donors (Lipinski definition) is 0. The van der Waals surface area contributed by atoms with Crippen molar-refractivity contribution in [2.24, 2.45) is 0 Å². The van der Waals surface area contributed by atoms with E-state index < -0.39 is 16.0 Å². The topological polar surface area (TPSA) is 65.4 Å². The van der Waals surface area contributed by atoms with Crippen LogP contribution in [0.1, 0.15) is 5.69 Å². The standard InChI is InChI=1S/C9H11NO4S/c1-14-9(11)6-5-8-4-3-7-10(8)15(2,12)13/h3-7H,1-2H3/b6-5+. The lowest BCUT2D eigenvalue weighted by Crippen LogP contribution is -2.10. The fourth-order valence-electron chi connectivity index (χ4n) is 1.03. The molecular weight excluding hydrogens is 218 g/mol. The molecule has 6 heteroatoms. The van der Waals surface area contributed by atoms with Crippen LogP contribution < -0.4 is 0 Å². The molecule has 0 fully saturated rings. The Morgan fingerprint density at radius 3 is 2.73 bits per heavy atom. The molecule has 0 aromatic carbocycles. The number of rotatable bonds is 3. The van der Waals surface area contributed by atoms with Crippen LogP contribution >= 0.6 is 0 Å². The lowest BCUT2D eigenvalue weighted by molar-refractivity contribution is -0.134. The minimum atomic E-state index is -3.33. The van der Waals surface area contributed by atoms with Crippen LogP contribution in [0, 0.1) is 0 Å². The van der Waals surface area contributed by atoms with Crippen LogP contribution in [0.4, 0.5) is 0 Å². The van der Waals surface area contributed by atoms with E-state index in [2.05, 4.69) is 4.74 Å². The molecule has 1 aromatic heterocycles. The summed E-state index contributed by atoms with van der Waals surface area (Å²) >= 11 is 0. The molecule has 1 rings (SSSR count). The molecule has 0 saturated carbocycles. The number of methoxy groups -OCH3 is 1. The molecule has 15 heavy (non-hydrogen) atoms. The van der Waals surface area contributed by atoms with Crippen molar-refractivity contribution in [3.05, 3.63) is 30.1 Å². The first-order valence-corrected chi connectivity index (χ1v) is 5.94. The van der Waals surface area contributed by atoms with Crippen molar-refractivity contribution < 1.29 is 17.9 Å². The van der Waals surface area contributed by atoms with Gasteiger partial charge in [-0.05, 0) is 18.2 Å². The second-order valence-corrected chi connectivity index (χ2v) is 4.71. The van der Waals surface area contributed by atoms with Gasteiger partial charge in [-0.25, -0.2) is 17.2 Å². The Morgan fingerprint density at radius 1 is 1.53 bits per heavy atom. The highest BCUT2D eigenvalue weighted by molar-refractivity contribution is 7.89. The van der Waals surface area contributed by atoms with E-state index in [0.29, 0.717) is 5.69 Å². The second-order valence-electron chi connectivity index (χ2n) is 2.85. The molecule has 0 aliphatic rings. The number of carbonyl (C=O) groups excluding carboxylic acids is 1. The highest BCUT2D eigenvalue weighted by Crippen LogP contribution is 2.07. The van der Waals surface area contributed by atoms with E-state index >= 15 is 0 Å². The lowest BCUT2D eigenvalue weighted by Gasteiger charge is -2.01. The second kappa shape index (κ2) is 4.31. The highest BCUT2D eigenvalue weighted by atomic mass is 32.2. The Kier molecular flexibility index (Phi) is 3.31. The van der Waals surface area contributed by atoms with Gasteiger partial charge in [0.25, 0.3) is 0 Å². The first-order valence-electron chi connectivity index (χ1n) is 4.09. The van der Waals surface area contributed by atoms with E-state index in [0.717, 1.165) is 16.3 Å². The summed E-state index contributed by atoms with van der Waals surface area (Å²) < 4.78 is 27.9. The summed E-state index contributed by atoms with van der Waals surface area (Å²) in [5.41, 5.74) is 0.405. The average Bonchev–Trinajstić information content (AvgIpc) is 2.61. The summed E-state index contributed by atoms with van der Waals surface area (Å²) in [5, 5.41) is 0. The van der Waals surface area contributed by atoms with Crippen molar-refractivity contribution in [1.82, 2.24) is 3.97 Å². The van der Waals surface area contributed by atoms with Crippen molar-refractivity contribution in [2.45, 2.75) is 0 Å². The number of aromatic nitrogens is 1. The number of nitrogens with zero attached hydrogens (tertiary/aromatic N) is 1. The summed E-state index contributed by atoms with van der Waals surface area (Å²) in [4.78, 5) is 10.8. The van der Waals surface area contributed by atoms with Crippen LogP contribution in [-0.4, -0.2) is 31.7 Å². The van der Waals surface area contributed by atoms with Gasteiger partial charge in [-0.1, -0.05) is 0 Å². The molecule has 1 aromatic rings. The van der Waals surface area contributed by atoms with Crippen molar-refractivity contribution in [2.75, 3.05) is 13.4 Å². The minimum absolute atomic E-state index is 0.405. The highest BCUT2D eigenvalue weighted by Gasteiger charge is 2.07. The third kappa shape index (κ3) is 2.95. The quantitative estimate of drug-likeness (QED) is 0.558. The van der Waals surface area contributed by atoms with E-state index in [1.165, 1.54) is 19.4 Å². The first kappa shape index (κ1) is 11.5. The largest absolute Gasteiger partial charge is 0.466 e. The molecule has 5 nitrogen and oxygen atoms in total. The van der Waals surface area contributed by atoms with E-state index in [1.54, 1.807) is 12.1 Å². The zero-order chi connectivity index (χ0) is 11.5. The van der Waals surface area contributed by atoms with Crippen molar-refractivity contribution in [3.63, 3.8) is 0 Å². The van der Waals surface area contributed by atoms with Gasteiger partial charge in [0, 0.05) is 12.3 Å². The number of carbonyl (C=O) groups is 1. The van der Waals surface area contributed by atoms with Crippen molar-refractivity contribution >= 4 is 22.1 Å². The summed E-state index contributed by atoms with van der Waals surface area (Å²) in [7, 11) is -2.08. The van der Waals surface area contributed by atoms with Crippen LogP contribution in [0.2, 0.25) is 0 Å². The zero-order valence-corrected chi connectivity index (χ0v) is 9.19. The van der Waals surface area contributed by atoms with Gasteiger partial charge in [0.1, 0.15) is 0 Å². The molecule has 0 atom stereocenters. The molecule has 0 saturated heterocycles. The van der Waals surface area contributed by atoms with E-state index in [4.69, 9.17) is 0 Å². The van der Waals surface area contributed by atoms with Crippen LogP contribution in [0.15, 0.2) is 24.4 Å². The van der Waals surface area contributed by atoms with Crippen molar-refractivity contribution in [3.8, 4) is 0 Å². The normalized spacial score (nSPS) is 11.9. The van der Waals surface area contributed by atoms with Gasteiger partial charge < -0.3 is 4.74 Å². The molecule has 0 amide bonds. The van der Waals surface area contributed by atoms with Gasteiger partial charge in [0.2, 0.25) is 10.0 Å². The molecule has 0 aliphatic carbocycles. The Bertz CT molecular complexity index is 484. The maximum absolute atomic E-state index is 11.2. The van der Waals surface area contributed by atoms with Crippen molar-refractivity contribution in [1.29, 1.82) is 0 Å². The number of esters is 1. The molecule has 1 heterocycles. The predicted octanol–water partition coefficient (Wildman–Crippen LogP) is 0.482. The molecule has 0 unspecified atom stereocenters. The molecule has 0 radical (unpaired) electrons. The zero-order valence-electron chi connectivity index (χ0n) is 8.38. The van der Waals surface area contributed by atoms with Gasteiger partial charge in [-0.15, -0.1) is 0 Å². The summed E-state index contributed by atoms with van der Waals surface area (Å²) in [6.45, 7) is 0. The Labute approximate surface area is 88.0 Å². The molecule has 82 valence electrons. The third-order valence-corrected chi connectivity index (χ3v) is 2.74. The smallest absolute Gasteiger partial charge is 0.330 e. The molecule has 0 aliphatic heterocycles. The number of hydrogen-bond acceptors (Lipinski definition) is 4. The van der Waals surface area contributed by atoms with Crippen LogP contribution in [0.3, 0.4) is 0 Å². The van der Waals surface area contributed by atoms with Gasteiger partial charge in [0.05, 0.1) is 19.1 Å². The fraction of sp³-hybridized carbons (Fsp3) is 0.222. The number of ether oxygens (including phenoxy) is 1. The monoisotopic (exact) mass is 229 g/mol. The van der Waals surface area contributed by atoms with Crippen LogP contribution in [-0.2, 0) is 19.6 Å². The van der Waals surface area contributed by atoms with Gasteiger partial charge in [-0.3, -0.25) is 0 Å². The Hall–Kier alpha value is -1.56. The molecule has 0 N–H and O–H groups in total. The third-order valence-electron chi connectivity index (χ3n) is 1.69. The summed E-state index contributed by atoms with van der Waals surface area (Å²) in [6.07, 6.45) is 5.04. The maximum Gasteiger partial charge on any atom is 0.330 e. The maximum atomic E-state index is 11.2. The van der Waals surface area contributed by atoms with Gasteiger partial charge in [-0.2, -0.15) is 0 Å². The fourth-order valence-corrected chi connectivity index (χ4v) is 1.83. The molecule has 0 spiro atoms. The van der Waals surface area contributed by atoms with E-state index in [1.807, 2.05) is 0 Å². The van der Waals surface area contributed by atoms with E-state index in [9.17, 15) is 13.2 Å². The predicted molar refractivity (Wildman–Crippen MR) is 55.7 cm³/mol. The Balaban J connectivity index is 3.03. The van der Waals surface area contributed by atoms with Crippen LogP contribution in [0.5, 0.6) is 0 Å². The summed E-state index contributed by atoms with van der Waals surface area (Å²) in [5.74, 6) is -0.531. The molecule has 0 bridgehead atoms. The van der Waals surface area contributed by atoms with Gasteiger partial charge >= 0.3 is 5.97 Å². The molecular formula is C9H11NO4S. The first-order chi connectivity index (χ1) is 6.95. The SMILES string of the molecule is COC(=O)/C=C/c1cccn1S(C)(=O)=O. The van der Waals surface area contributed by atoms with E-state index in [-0.39, 0.29) is 0 Å². The average molecular weight is 229 g/mol.